The van der Waals surface area contributed by atoms with E-state index in [1.54, 1.807) is 6.07 Å². The molecule has 1 aliphatic rings. The average Bonchev–Trinajstić information content (AvgIpc) is 2.27. The summed E-state index contributed by atoms with van der Waals surface area (Å²) in [6, 6.07) is 1.66. The average molecular weight is 288 g/mol. The van der Waals surface area contributed by atoms with Gasteiger partial charge in [-0.3, -0.25) is 0 Å². The summed E-state index contributed by atoms with van der Waals surface area (Å²) in [6.07, 6.45) is 0.666. The van der Waals surface area contributed by atoms with Crippen molar-refractivity contribution in [3.63, 3.8) is 0 Å². The van der Waals surface area contributed by atoms with Gasteiger partial charge in [-0.15, -0.1) is 0 Å². The molecule has 1 aromatic rings. The number of carbonyl (C=O) groups is 1. The van der Waals surface area contributed by atoms with Crippen LogP contribution in [0.2, 0.25) is 10.0 Å². The fraction of sp³-hybridized carbons (Fsp3) is 0.273. The van der Waals surface area contributed by atoms with Crippen LogP contribution in [0.3, 0.4) is 0 Å². The third kappa shape index (κ3) is 2.35. The molecule has 1 N–H and O–H groups in total. The minimum atomic E-state index is -1.10. The number of carboxylic acid groups (broad SMARTS) is 1. The van der Waals surface area contributed by atoms with Crippen molar-refractivity contribution >= 4 is 37.9 Å². The van der Waals surface area contributed by atoms with E-state index in [1.807, 2.05) is 4.90 Å². The van der Waals surface area contributed by atoms with Crippen molar-refractivity contribution in [1.82, 2.24) is 4.90 Å². The summed E-state index contributed by atoms with van der Waals surface area (Å²) in [6.45, 7) is 1.31. The first kappa shape index (κ1) is 12.9. The minimum absolute atomic E-state index is 0.0145. The quantitative estimate of drug-likeness (QED) is 0.805. The van der Waals surface area contributed by atoms with Crippen LogP contribution in [0, 0.1) is 5.75 Å². The van der Waals surface area contributed by atoms with Crippen LogP contribution in [-0.2, 0) is 13.0 Å². The molecule has 6 heteroatoms. The number of carboxylic acids is 1. The van der Waals surface area contributed by atoms with Crippen LogP contribution in [0.1, 0.15) is 21.5 Å². The summed E-state index contributed by atoms with van der Waals surface area (Å²) in [7, 11) is 3.98. The molecule has 3 nitrogen and oxygen atoms in total. The van der Waals surface area contributed by atoms with E-state index in [1.165, 1.54) is 0 Å². The van der Waals surface area contributed by atoms with E-state index in [0.29, 0.717) is 13.0 Å². The maximum atomic E-state index is 11.0. The Kier molecular flexibility index (Phi) is 3.77. The molecule has 0 fully saturated rings. The Labute approximate surface area is 111 Å². The molecule has 88 valence electrons. The van der Waals surface area contributed by atoms with Crippen LogP contribution in [0.5, 0.6) is 0 Å². The monoisotopic (exact) mass is 287 g/mol. The van der Waals surface area contributed by atoms with E-state index in [9.17, 15) is 4.79 Å². The molecule has 0 aromatic heterocycles. The van der Waals surface area contributed by atoms with Gasteiger partial charge in [-0.25, -0.2) is 0 Å². The third-order valence-electron chi connectivity index (χ3n) is 2.76. The molecule has 0 aliphatic carbocycles. The SMILES string of the molecule is O=C(O)c1c(Cl)cc2c(c1Cl)CCN(C#P)C2. The number of aromatic carboxylic acids is 1. The zero-order valence-electron chi connectivity index (χ0n) is 8.70. The number of fused-ring (bicyclic) bond motifs is 1. The number of nitrogens with zero attached hydrogens (tertiary/aromatic N) is 1. The summed E-state index contributed by atoms with van der Waals surface area (Å²) in [5.74, 6) is 1.65. The molecule has 0 radical (unpaired) electrons. The predicted octanol–water partition coefficient (Wildman–Crippen LogP) is 3.38. The van der Waals surface area contributed by atoms with Gasteiger partial charge < -0.3 is 0 Å². The summed E-state index contributed by atoms with van der Waals surface area (Å²) in [5.41, 5.74) is 1.77. The van der Waals surface area contributed by atoms with Crippen molar-refractivity contribution in [2.45, 2.75) is 13.0 Å². The Morgan fingerprint density at radius 3 is 2.82 bits per heavy atom. The molecular weight excluding hydrogens is 280 g/mol. The van der Waals surface area contributed by atoms with Crippen molar-refractivity contribution in [1.29, 1.82) is 0 Å². The number of halogens is 2. The number of rotatable bonds is 1. The molecule has 1 heterocycles. The van der Waals surface area contributed by atoms with Crippen LogP contribution in [0.4, 0.5) is 0 Å². The molecule has 0 bridgehead atoms. The fourth-order valence-corrected chi connectivity index (χ4v) is 2.86. The normalized spacial score (nSPS) is 15.1. The van der Waals surface area contributed by atoms with Crippen molar-refractivity contribution in [2.24, 2.45) is 0 Å². The predicted molar refractivity (Wildman–Crippen MR) is 68.3 cm³/mol. The number of hydrogen-bond donors (Lipinski definition) is 1. The van der Waals surface area contributed by atoms with Crippen molar-refractivity contribution in [3.8, 4) is 5.75 Å². The number of benzene rings is 1. The molecule has 0 atom stereocenters. The van der Waals surface area contributed by atoms with Gasteiger partial charge in [0.1, 0.15) is 0 Å². The molecule has 2 rings (SSSR count). The number of hydrogen-bond acceptors (Lipinski definition) is 2. The second-order valence-electron chi connectivity index (χ2n) is 3.76. The zero-order valence-corrected chi connectivity index (χ0v) is 11.1. The second kappa shape index (κ2) is 4.97. The van der Waals surface area contributed by atoms with Gasteiger partial charge in [-0.05, 0) is 0 Å². The first-order valence-electron chi connectivity index (χ1n) is 4.92. The Bertz CT molecular complexity index is 539. The van der Waals surface area contributed by atoms with E-state index in [4.69, 9.17) is 28.3 Å². The van der Waals surface area contributed by atoms with E-state index in [2.05, 4.69) is 14.4 Å². The van der Waals surface area contributed by atoms with Gasteiger partial charge in [0.25, 0.3) is 0 Å². The third-order valence-corrected chi connectivity index (χ3v) is 3.76. The Balaban J connectivity index is 2.55. The van der Waals surface area contributed by atoms with Crippen LogP contribution in [0.25, 0.3) is 0 Å². The van der Waals surface area contributed by atoms with Gasteiger partial charge in [-0.1, -0.05) is 0 Å². The second-order valence-corrected chi connectivity index (χ2v) is 4.75. The van der Waals surface area contributed by atoms with Gasteiger partial charge in [0.05, 0.1) is 0 Å². The van der Waals surface area contributed by atoms with E-state index >= 15 is 0 Å². The molecule has 1 aromatic carbocycles. The van der Waals surface area contributed by atoms with Gasteiger partial charge in [0.2, 0.25) is 0 Å². The Hall–Kier alpha value is -0.560. The van der Waals surface area contributed by atoms with Gasteiger partial charge in [0.15, 0.2) is 0 Å². The molecular formula is C11H8Cl2NO2P. The standard InChI is InChI=1S/C11H8Cl2NO2P/c12-8-3-6-4-14(5-17)2-1-7(6)10(13)9(8)11(15)16/h3H,1-2,4H2,(H,15,16). The van der Waals surface area contributed by atoms with Crippen LogP contribution >= 0.6 is 31.9 Å². The topological polar surface area (TPSA) is 40.5 Å². The molecule has 17 heavy (non-hydrogen) atoms. The van der Waals surface area contributed by atoms with Crippen molar-refractivity contribution in [3.05, 3.63) is 32.8 Å². The first-order valence-corrected chi connectivity index (χ1v) is 6.12. The zero-order chi connectivity index (χ0) is 12.6. The molecule has 1 aliphatic heterocycles. The van der Waals surface area contributed by atoms with Gasteiger partial charge in [0, 0.05) is 0 Å². The molecule has 0 saturated heterocycles. The van der Waals surface area contributed by atoms with Gasteiger partial charge >= 0.3 is 111 Å². The van der Waals surface area contributed by atoms with Crippen LogP contribution in [-0.4, -0.2) is 22.5 Å². The molecule has 0 spiro atoms. The Morgan fingerprint density at radius 1 is 1.53 bits per heavy atom. The molecule has 0 unspecified atom stereocenters. The van der Waals surface area contributed by atoms with Crippen LogP contribution < -0.4 is 0 Å². The van der Waals surface area contributed by atoms with E-state index in [-0.39, 0.29) is 15.6 Å². The summed E-state index contributed by atoms with van der Waals surface area (Å²) >= 11 is 12.0. The van der Waals surface area contributed by atoms with E-state index in [0.717, 1.165) is 17.7 Å². The maximum absolute atomic E-state index is 11.0. The van der Waals surface area contributed by atoms with Crippen LogP contribution in [0.15, 0.2) is 6.07 Å². The van der Waals surface area contributed by atoms with E-state index < -0.39 is 5.97 Å². The van der Waals surface area contributed by atoms with Gasteiger partial charge in [-0.2, -0.15) is 0 Å². The summed E-state index contributed by atoms with van der Waals surface area (Å²) in [5, 5.41) is 9.46. The summed E-state index contributed by atoms with van der Waals surface area (Å²) in [4.78, 5) is 12.9. The molecule has 0 saturated carbocycles. The fourth-order valence-electron chi connectivity index (χ4n) is 1.93. The Morgan fingerprint density at radius 2 is 2.24 bits per heavy atom. The first-order chi connectivity index (χ1) is 8.04. The molecule has 0 amide bonds. The summed E-state index contributed by atoms with van der Waals surface area (Å²) < 4.78 is 0. The van der Waals surface area contributed by atoms with Crippen molar-refractivity contribution < 1.29 is 9.90 Å². The van der Waals surface area contributed by atoms with Crippen molar-refractivity contribution in [2.75, 3.05) is 6.54 Å².